The Labute approximate surface area is 290 Å². The topological polar surface area (TPSA) is 16.4 Å². The summed E-state index contributed by atoms with van der Waals surface area (Å²) in [7, 11) is 0. The van der Waals surface area contributed by atoms with Crippen LogP contribution in [0.5, 0.6) is 0 Å². The highest BCUT2D eigenvalue weighted by Crippen LogP contribution is 2.49. The second-order valence-corrected chi connectivity index (χ2v) is 12.9. The van der Waals surface area contributed by atoms with Gasteiger partial charge in [0.1, 0.15) is 11.2 Å². The number of hydrogen-bond donors (Lipinski definition) is 0. The maximum Gasteiger partial charge on any atom is 0.145 e. The van der Waals surface area contributed by atoms with Gasteiger partial charge in [0, 0.05) is 22.0 Å². The largest absolute Gasteiger partial charge is 0.455 e. The monoisotopic (exact) mass is 637 g/mol. The first-order chi connectivity index (χ1) is 24.8. The van der Waals surface area contributed by atoms with Gasteiger partial charge in [-0.15, -0.1) is 0 Å². The van der Waals surface area contributed by atoms with Crippen LogP contribution in [-0.2, 0) is 0 Å². The summed E-state index contributed by atoms with van der Waals surface area (Å²) in [4.78, 5) is 2.43. The number of para-hydroxylation sites is 1. The van der Waals surface area contributed by atoms with Crippen LogP contribution >= 0.6 is 0 Å². The van der Waals surface area contributed by atoms with Crippen molar-refractivity contribution >= 4 is 71.3 Å². The molecule has 9 aromatic carbocycles. The summed E-state index contributed by atoms with van der Waals surface area (Å²) in [6.07, 6.45) is 0. The first-order valence-electron chi connectivity index (χ1n) is 17.1. The van der Waals surface area contributed by atoms with Crippen LogP contribution in [0.15, 0.2) is 192 Å². The van der Waals surface area contributed by atoms with Crippen molar-refractivity contribution in [1.82, 2.24) is 0 Å². The predicted octanol–water partition coefficient (Wildman–Crippen LogP) is 13.8. The molecule has 0 radical (unpaired) electrons. The summed E-state index contributed by atoms with van der Waals surface area (Å²) in [5, 5.41) is 9.50. The van der Waals surface area contributed by atoms with Crippen molar-refractivity contribution in [3.05, 3.63) is 188 Å². The van der Waals surface area contributed by atoms with Crippen LogP contribution in [-0.4, -0.2) is 0 Å². The molecule has 2 heteroatoms. The van der Waals surface area contributed by atoms with Crippen LogP contribution in [0.25, 0.3) is 76.5 Å². The Balaban J connectivity index is 1.31. The van der Waals surface area contributed by atoms with Crippen LogP contribution in [0.4, 0.5) is 17.1 Å². The SMILES string of the molecule is c1ccc(-c2cccc(N(c3cccc4c3ccc3ccccc34)c3ccc(-c4cccc5ccccc45)c4oc5ccccc5c34)c2)cc1. The third-order valence-corrected chi connectivity index (χ3v) is 10.0. The van der Waals surface area contributed by atoms with Crippen LogP contribution in [0, 0.1) is 0 Å². The predicted molar refractivity (Wildman–Crippen MR) is 212 cm³/mol. The van der Waals surface area contributed by atoms with Gasteiger partial charge in [0.05, 0.1) is 16.8 Å². The number of fused-ring (bicyclic) bond motifs is 7. The van der Waals surface area contributed by atoms with Crippen LogP contribution in [0.1, 0.15) is 0 Å². The molecule has 0 aliphatic rings. The minimum absolute atomic E-state index is 0.873. The minimum atomic E-state index is 0.873. The Kier molecular flexibility index (Phi) is 6.53. The smallest absolute Gasteiger partial charge is 0.145 e. The van der Waals surface area contributed by atoms with Crippen molar-refractivity contribution in [3.63, 3.8) is 0 Å². The molecule has 0 unspecified atom stereocenters. The Bertz CT molecular complexity index is 2880. The van der Waals surface area contributed by atoms with E-state index in [1.807, 2.05) is 0 Å². The third-order valence-electron chi connectivity index (χ3n) is 10.0. The Morgan fingerprint density at radius 1 is 0.360 bits per heavy atom. The molecule has 1 heterocycles. The van der Waals surface area contributed by atoms with Crippen molar-refractivity contribution in [1.29, 1.82) is 0 Å². The molecule has 0 fully saturated rings. The van der Waals surface area contributed by atoms with Gasteiger partial charge in [-0.3, -0.25) is 0 Å². The molecule has 0 saturated heterocycles. The summed E-state index contributed by atoms with van der Waals surface area (Å²) in [5.41, 5.74) is 9.61. The van der Waals surface area contributed by atoms with Gasteiger partial charge in [0.25, 0.3) is 0 Å². The first-order valence-corrected chi connectivity index (χ1v) is 17.1. The highest BCUT2D eigenvalue weighted by atomic mass is 16.3. The van der Waals surface area contributed by atoms with Gasteiger partial charge in [-0.05, 0) is 80.0 Å². The second kappa shape index (κ2) is 11.5. The minimum Gasteiger partial charge on any atom is -0.455 e. The molecule has 1 aromatic heterocycles. The first kappa shape index (κ1) is 28.4. The molecule has 50 heavy (non-hydrogen) atoms. The average Bonchev–Trinajstić information content (AvgIpc) is 3.58. The molecular formula is C48H31NO. The molecule has 0 N–H and O–H groups in total. The summed E-state index contributed by atoms with van der Waals surface area (Å²) < 4.78 is 6.86. The normalized spacial score (nSPS) is 11.6. The van der Waals surface area contributed by atoms with Crippen molar-refractivity contribution in [2.24, 2.45) is 0 Å². The van der Waals surface area contributed by atoms with E-state index >= 15 is 0 Å². The summed E-state index contributed by atoms with van der Waals surface area (Å²) in [6.45, 7) is 0. The van der Waals surface area contributed by atoms with E-state index in [0.29, 0.717) is 0 Å². The van der Waals surface area contributed by atoms with Gasteiger partial charge in [0.15, 0.2) is 0 Å². The molecule has 0 aliphatic heterocycles. The average molecular weight is 638 g/mol. The van der Waals surface area contributed by atoms with E-state index in [1.165, 1.54) is 43.4 Å². The van der Waals surface area contributed by atoms with E-state index in [1.54, 1.807) is 0 Å². The van der Waals surface area contributed by atoms with E-state index in [4.69, 9.17) is 4.42 Å². The van der Waals surface area contributed by atoms with E-state index in [0.717, 1.165) is 50.1 Å². The number of nitrogens with zero attached hydrogens (tertiary/aromatic N) is 1. The molecule has 10 aromatic rings. The molecular weight excluding hydrogens is 607 g/mol. The lowest BCUT2D eigenvalue weighted by molar-refractivity contribution is 0.670. The standard InChI is InChI=1S/C48H31NO/c1-2-13-32(14-3-1)35-18-10-19-36(31-35)49(44-25-12-24-39-38-21-7-5-16-34(38)27-28-41(39)44)45-30-29-42(40-23-11-17-33-15-4-6-20-37(33)40)48-47(45)43-22-8-9-26-46(43)50-48/h1-31H. The molecule has 2 nitrogen and oxygen atoms in total. The Morgan fingerprint density at radius 2 is 1.02 bits per heavy atom. The summed E-state index contributed by atoms with van der Waals surface area (Å²) in [6, 6.07) is 67.4. The van der Waals surface area contributed by atoms with Gasteiger partial charge in [-0.2, -0.15) is 0 Å². The number of benzene rings is 9. The zero-order valence-electron chi connectivity index (χ0n) is 27.3. The van der Waals surface area contributed by atoms with E-state index < -0.39 is 0 Å². The Morgan fingerprint density at radius 3 is 1.90 bits per heavy atom. The molecule has 0 spiro atoms. The zero-order valence-corrected chi connectivity index (χ0v) is 27.3. The fourth-order valence-electron chi connectivity index (χ4n) is 7.75. The second-order valence-electron chi connectivity index (χ2n) is 12.9. The van der Waals surface area contributed by atoms with E-state index in [9.17, 15) is 0 Å². The fourth-order valence-corrected chi connectivity index (χ4v) is 7.75. The highest BCUT2D eigenvalue weighted by molar-refractivity contribution is 6.20. The number of hydrogen-bond acceptors (Lipinski definition) is 2. The van der Waals surface area contributed by atoms with Gasteiger partial charge < -0.3 is 9.32 Å². The molecule has 0 atom stereocenters. The maximum absolute atomic E-state index is 6.86. The number of rotatable bonds is 5. The summed E-state index contributed by atoms with van der Waals surface area (Å²) >= 11 is 0. The molecule has 0 bridgehead atoms. The van der Waals surface area contributed by atoms with E-state index in [2.05, 4.69) is 193 Å². The number of anilines is 3. The quantitative estimate of drug-likeness (QED) is 0.175. The van der Waals surface area contributed by atoms with Crippen LogP contribution in [0.3, 0.4) is 0 Å². The third kappa shape index (κ3) is 4.50. The van der Waals surface area contributed by atoms with Crippen molar-refractivity contribution in [3.8, 4) is 22.3 Å². The van der Waals surface area contributed by atoms with Crippen LogP contribution < -0.4 is 4.90 Å². The van der Waals surface area contributed by atoms with Gasteiger partial charge in [0.2, 0.25) is 0 Å². The maximum atomic E-state index is 6.86. The lowest BCUT2D eigenvalue weighted by atomic mass is 9.95. The van der Waals surface area contributed by atoms with Gasteiger partial charge >= 0.3 is 0 Å². The fraction of sp³-hybridized carbons (Fsp3) is 0. The molecule has 0 saturated carbocycles. The molecule has 0 amide bonds. The molecule has 0 aliphatic carbocycles. The van der Waals surface area contributed by atoms with Crippen molar-refractivity contribution in [2.45, 2.75) is 0 Å². The zero-order chi connectivity index (χ0) is 33.0. The van der Waals surface area contributed by atoms with Crippen molar-refractivity contribution < 1.29 is 4.42 Å². The van der Waals surface area contributed by atoms with E-state index in [-0.39, 0.29) is 0 Å². The van der Waals surface area contributed by atoms with Gasteiger partial charge in [-0.1, -0.05) is 152 Å². The number of furan rings is 1. The molecule has 234 valence electrons. The molecule has 10 rings (SSSR count). The summed E-state index contributed by atoms with van der Waals surface area (Å²) in [5.74, 6) is 0. The van der Waals surface area contributed by atoms with Crippen molar-refractivity contribution in [2.75, 3.05) is 4.90 Å². The Hall–Kier alpha value is -6.64. The highest BCUT2D eigenvalue weighted by Gasteiger charge is 2.24. The van der Waals surface area contributed by atoms with Gasteiger partial charge in [-0.25, -0.2) is 0 Å². The van der Waals surface area contributed by atoms with Crippen LogP contribution in [0.2, 0.25) is 0 Å². The lowest BCUT2D eigenvalue weighted by Crippen LogP contribution is -2.11. The lowest BCUT2D eigenvalue weighted by Gasteiger charge is -2.28.